The number of carbonyl (C=O) groups is 2. The van der Waals surface area contributed by atoms with Crippen LogP contribution in [0.3, 0.4) is 0 Å². The monoisotopic (exact) mass is 462 g/mol. The van der Waals surface area contributed by atoms with Crippen molar-refractivity contribution in [2.24, 2.45) is 10.2 Å². The lowest BCUT2D eigenvalue weighted by atomic mass is 10.2. The lowest BCUT2D eigenvalue weighted by Gasteiger charge is -2.09. The van der Waals surface area contributed by atoms with Gasteiger partial charge in [-0.1, -0.05) is 11.8 Å². The van der Waals surface area contributed by atoms with Crippen LogP contribution in [0, 0.1) is 3.57 Å². The lowest BCUT2D eigenvalue weighted by Crippen LogP contribution is -2.31. The molecule has 0 radical (unpaired) electrons. The van der Waals surface area contributed by atoms with Crippen molar-refractivity contribution in [2.75, 3.05) is 14.2 Å². The summed E-state index contributed by atoms with van der Waals surface area (Å²) in [6, 6.07) is 3.58. The Morgan fingerprint density at radius 3 is 2.83 bits per heavy atom. The summed E-state index contributed by atoms with van der Waals surface area (Å²) in [5.41, 5.74) is 0.738. The van der Waals surface area contributed by atoms with E-state index >= 15 is 0 Å². The lowest BCUT2D eigenvalue weighted by molar-refractivity contribution is -0.305. The molecule has 1 aromatic rings. The molecular weight excluding hydrogens is 449 g/mol. The zero-order valence-electron chi connectivity index (χ0n) is 12.7. The van der Waals surface area contributed by atoms with E-state index in [9.17, 15) is 14.7 Å². The number of hydrogen-bond donors (Lipinski definition) is 1. The number of halogens is 1. The van der Waals surface area contributed by atoms with E-state index in [1.54, 1.807) is 13.2 Å². The second-order valence-electron chi connectivity index (χ2n) is 4.56. The van der Waals surface area contributed by atoms with Gasteiger partial charge in [0.05, 0.1) is 29.3 Å². The molecule has 0 unspecified atom stereocenters. The van der Waals surface area contributed by atoms with Crippen LogP contribution in [-0.2, 0) is 9.59 Å². The predicted molar refractivity (Wildman–Crippen MR) is 96.4 cm³/mol. The Morgan fingerprint density at radius 2 is 2.21 bits per heavy atom. The first-order valence-electron chi connectivity index (χ1n) is 6.64. The fourth-order valence-electron chi connectivity index (χ4n) is 1.90. The van der Waals surface area contributed by atoms with Crippen LogP contribution in [0.25, 0.3) is 0 Å². The molecule has 1 amide bonds. The number of carboxylic acids is 1. The second-order valence-corrected chi connectivity index (χ2v) is 6.91. The summed E-state index contributed by atoms with van der Waals surface area (Å²) in [4.78, 5) is 22.1. The van der Waals surface area contributed by atoms with Gasteiger partial charge in [0.25, 0.3) is 0 Å². The SMILES string of the molecule is COc1cc(/C=N\N=C2\NC(=O)[C@H](CC(=O)[O-])S2)cc(I)c1OC. The van der Waals surface area contributed by atoms with Crippen molar-refractivity contribution in [1.82, 2.24) is 5.32 Å². The molecule has 1 fully saturated rings. The highest BCUT2D eigenvalue weighted by molar-refractivity contribution is 14.1. The standard InChI is InChI=1S/C14H14IN3O5S/c1-22-9-4-7(3-8(15)12(9)23-2)6-16-18-14-17-13(21)10(24-14)5-11(19)20/h3-4,6,10H,5H2,1-2H3,(H,19,20)(H,17,18,21)/p-1/b16-6-/t10-/m0/s1. The van der Waals surface area contributed by atoms with Crippen LogP contribution in [0.15, 0.2) is 22.3 Å². The molecule has 0 aromatic heterocycles. The van der Waals surface area contributed by atoms with Crippen molar-refractivity contribution in [1.29, 1.82) is 0 Å². The summed E-state index contributed by atoms with van der Waals surface area (Å²) in [6.45, 7) is 0. The molecule has 1 aliphatic heterocycles. The Labute approximate surface area is 155 Å². The van der Waals surface area contributed by atoms with Gasteiger partial charge in [-0.2, -0.15) is 5.10 Å². The van der Waals surface area contributed by atoms with Crippen molar-refractivity contribution < 1.29 is 24.2 Å². The minimum Gasteiger partial charge on any atom is -0.550 e. The van der Waals surface area contributed by atoms with E-state index in [0.717, 1.165) is 20.9 Å². The van der Waals surface area contributed by atoms with Gasteiger partial charge >= 0.3 is 0 Å². The number of nitrogens with zero attached hydrogens (tertiary/aromatic N) is 2. The van der Waals surface area contributed by atoms with Crippen molar-refractivity contribution in [3.8, 4) is 11.5 Å². The molecule has 0 bridgehead atoms. The molecule has 24 heavy (non-hydrogen) atoms. The topological polar surface area (TPSA) is 112 Å². The first-order valence-corrected chi connectivity index (χ1v) is 8.60. The highest BCUT2D eigenvalue weighted by Gasteiger charge is 2.30. The maximum Gasteiger partial charge on any atom is 0.239 e. The van der Waals surface area contributed by atoms with E-state index < -0.39 is 17.1 Å². The van der Waals surface area contributed by atoms with Gasteiger partial charge in [-0.05, 0) is 40.3 Å². The minimum atomic E-state index is -1.28. The van der Waals surface area contributed by atoms with Gasteiger partial charge in [0, 0.05) is 12.4 Å². The fourth-order valence-corrected chi connectivity index (χ4v) is 3.65. The van der Waals surface area contributed by atoms with Crippen LogP contribution in [0.2, 0.25) is 0 Å². The quantitative estimate of drug-likeness (QED) is 0.372. The first kappa shape index (κ1) is 18.5. The molecule has 1 aromatic carbocycles. The van der Waals surface area contributed by atoms with E-state index in [1.807, 2.05) is 6.07 Å². The van der Waals surface area contributed by atoms with Crippen molar-refractivity contribution >= 4 is 57.6 Å². The molecule has 8 nitrogen and oxygen atoms in total. The molecule has 1 saturated heterocycles. The molecule has 0 saturated carbocycles. The fraction of sp³-hybridized carbons (Fsp3) is 0.286. The number of nitrogens with one attached hydrogen (secondary N) is 1. The van der Waals surface area contributed by atoms with Crippen molar-refractivity contribution in [3.63, 3.8) is 0 Å². The van der Waals surface area contributed by atoms with E-state index in [2.05, 4.69) is 38.1 Å². The average molecular weight is 462 g/mol. The Balaban J connectivity index is 2.10. The highest BCUT2D eigenvalue weighted by atomic mass is 127. The summed E-state index contributed by atoms with van der Waals surface area (Å²) < 4.78 is 11.4. The Morgan fingerprint density at radius 1 is 1.46 bits per heavy atom. The summed E-state index contributed by atoms with van der Waals surface area (Å²) in [5, 5.41) is 20.3. The number of amides is 1. The maximum atomic E-state index is 11.6. The van der Waals surface area contributed by atoms with Gasteiger partial charge in [0.15, 0.2) is 16.7 Å². The molecule has 1 atom stereocenters. The Kier molecular flexibility index (Phi) is 6.43. The number of hydrogen-bond acceptors (Lipinski definition) is 8. The number of thioether (sulfide) groups is 1. The average Bonchev–Trinajstić information content (AvgIpc) is 2.85. The molecule has 1 heterocycles. The molecule has 1 aliphatic rings. The molecule has 0 aliphatic carbocycles. The summed E-state index contributed by atoms with van der Waals surface area (Å²) in [6.07, 6.45) is 1.13. The van der Waals surface area contributed by atoms with E-state index in [0.29, 0.717) is 11.5 Å². The Bertz CT molecular complexity index is 723. The normalized spacial score (nSPS) is 18.9. The smallest absolute Gasteiger partial charge is 0.239 e. The van der Waals surface area contributed by atoms with Crippen LogP contribution in [0.5, 0.6) is 11.5 Å². The summed E-state index contributed by atoms with van der Waals surface area (Å²) in [7, 11) is 3.10. The third-order valence-corrected chi connectivity index (χ3v) is 4.81. The second kappa shape index (κ2) is 8.33. The number of rotatable bonds is 6. The number of methoxy groups -OCH3 is 2. The zero-order chi connectivity index (χ0) is 17.7. The van der Waals surface area contributed by atoms with Gasteiger partial charge in [0.1, 0.15) is 0 Å². The summed E-state index contributed by atoms with van der Waals surface area (Å²) >= 11 is 3.12. The molecule has 2 rings (SSSR count). The van der Waals surface area contributed by atoms with Crippen LogP contribution in [0.1, 0.15) is 12.0 Å². The number of carbonyl (C=O) groups excluding carboxylic acids is 2. The summed E-state index contributed by atoms with van der Waals surface area (Å²) in [5.74, 6) is -0.507. The zero-order valence-corrected chi connectivity index (χ0v) is 15.7. The van der Waals surface area contributed by atoms with E-state index in [-0.39, 0.29) is 11.6 Å². The van der Waals surface area contributed by atoms with Gasteiger partial charge in [0.2, 0.25) is 5.91 Å². The van der Waals surface area contributed by atoms with Gasteiger partial charge in [-0.25, -0.2) is 0 Å². The predicted octanol–water partition coefficient (Wildman–Crippen LogP) is 0.370. The van der Waals surface area contributed by atoms with Gasteiger partial charge in [-0.15, -0.1) is 5.10 Å². The van der Waals surface area contributed by atoms with E-state index in [1.165, 1.54) is 13.3 Å². The van der Waals surface area contributed by atoms with E-state index in [4.69, 9.17) is 9.47 Å². The number of ether oxygens (including phenoxy) is 2. The number of benzene rings is 1. The van der Waals surface area contributed by atoms with Crippen LogP contribution in [0.4, 0.5) is 0 Å². The third-order valence-electron chi connectivity index (χ3n) is 2.94. The third kappa shape index (κ3) is 4.60. The number of aliphatic carboxylic acids is 1. The molecule has 128 valence electrons. The molecule has 10 heteroatoms. The Hall–Kier alpha value is -1.82. The molecule has 1 N–H and O–H groups in total. The number of amidine groups is 1. The van der Waals surface area contributed by atoms with Crippen LogP contribution < -0.4 is 19.9 Å². The minimum absolute atomic E-state index is 0.248. The largest absolute Gasteiger partial charge is 0.550 e. The highest BCUT2D eigenvalue weighted by Crippen LogP contribution is 2.33. The van der Waals surface area contributed by atoms with Gasteiger partial charge < -0.3 is 24.7 Å². The van der Waals surface area contributed by atoms with Crippen molar-refractivity contribution in [3.05, 3.63) is 21.3 Å². The van der Waals surface area contributed by atoms with Crippen LogP contribution in [-0.4, -0.2) is 42.7 Å². The first-order chi connectivity index (χ1) is 11.4. The number of carboxylic acid groups (broad SMARTS) is 1. The van der Waals surface area contributed by atoms with Gasteiger partial charge in [-0.3, -0.25) is 4.79 Å². The maximum absolute atomic E-state index is 11.6. The molecule has 0 spiro atoms. The molecular formula is C14H13IN3O5S-. The van der Waals surface area contributed by atoms with Crippen molar-refractivity contribution in [2.45, 2.75) is 11.7 Å². The van der Waals surface area contributed by atoms with Crippen LogP contribution >= 0.6 is 34.4 Å².